The van der Waals surface area contributed by atoms with Crippen molar-refractivity contribution < 1.29 is 0 Å². The normalized spacial score (nSPS) is 11.1. The summed E-state index contributed by atoms with van der Waals surface area (Å²) in [5.74, 6) is 0. The monoisotopic (exact) mass is 635 g/mol. The van der Waals surface area contributed by atoms with Gasteiger partial charge >= 0.3 is 0 Å². The third kappa shape index (κ3) is 4.31. The smallest absolute Gasteiger partial charge is 0.195 e. The zero-order valence-electron chi connectivity index (χ0n) is 26.7. The molecule has 0 saturated heterocycles. The number of fused-ring (bicyclic) bond motifs is 6. The van der Waals surface area contributed by atoms with Crippen molar-refractivity contribution in [2.75, 3.05) is 0 Å². The minimum Gasteiger partial charge on any atom is -0.309 e. The van der Waals surface area contributed by atoms with Gasteiger partial charge in [-0.1, -0.05) is 84.9 Å². The standard InChI is InChI=1S/C45H25N5/c1-48-40-22-20-31(49-41-14-6-5-13-36(41)39-25-30(28-47)19-23-45(39)49)26-38(40)37-24-29(27-46)18-21-32(37)33-10-2-7-15-42(33)50-43-16-8-3-11-34(43)35-12-4-9-17-44(35)50/h2-26H. The lowest BCUT2D eigenvalue weighted by Crippen LogP contribution is -1.99. The van der Waals surface area contributed by atoms with Crippen LogP contribution in [0.3, 0.4) is 0 Å². The van der Waals surface area contributed by atoms with E-state index < -0.39 is 0 Å². The van der Waals surface area contributed by atoms with Gasteiger partial charge in [-0.15, -0.1) is 0 Å². The molecule has 0 aliphatic carbocycles. The molecule has 5 nitrogen and oxygen atoms in total. The van der Waals surface area contributed by atoms with Gasteiger partial charge in [-0.05, 0) is 83.4 Å². The lowest BCUT2D eigenvalue weighted by atomic mass is 9.91. The van der Waals surface area contributed by atoms with Crippen LogP contribution in [-0.2, 0) is 0 Å². The van der Waals surface area contributed by atoms with E-state index in [1.54, 1.807) is 0 Å². The summed E-state index contributed by atoms with van der Waals surface area (Å²) in [6.07, 6.45) is 0. The van der Waals surface area contributed by atoms with Gasteiger partial charge < -0.3 is 9.13 Å². The molecule has 0 unspecified atom stereocenters. The molecule has 2 aromatic heterocycles. The van der Waals surface area contributed by atoms with E-state index in [0.29, 0.717) is 16.8 Å². The maximum Gasteiger partial charge on any atom is 0.195 e. The molecule has 0 aliphatic rings. The highest BCUT2D eigenvalue weighted by molar-refractivity contribution is 6.11. The van der Waals surface area contributed by atoms with Crippen molar-refractivity contribution in [3.05, 3.63) is 174 Å². The average Bonchev–Trinajstić information content (AvgIpc) is 3.70. The zero-order chi connectivity index (χ0) is 33.8. The van der Waals surface area contributed by atoms with Gasteiger partial charge in [0.05, 0.1) is 57.6 Å². The molecular weight excluding hydrogens is 611 g/mol. The van der Waals surface area contributed by atoms with Gasteiger partial charge in [0.25, 0.3) is 0 Å². The summed E-state index contributed by atoms with van der Waals surface area (Å²) in [6.45, 7) is 8.21. The van der Waals surface area contributed by atoms with Gasteiger partial charge in [0, 0.05) is 32.8 Å². The topological polar surface area (TPSA) is 61.8 Å². The molecule has 0 N–H and O–H groups in total. The van der Waals surface area contributed by atoms with Crippen LogP contribution in [0.1, 0.15) is 11.1 Å². The predicted octanol–water partition coefficient (Wildman–Crippen LogP) is 11.5. The molecule has 7 aromatic carbocycles. The van der Waals surface area contributed by atoms with Crippen LogP contribution in [0.5, 0.6) is 0 Å². The molecule has 0 radical (unpaired) electrons. The Kier molecular flexibility index (Phi) is 6.56. The first-order chi connectivity index (χ1) is 24.7. The second-order valence-electron chi connectivity index (χ2n) is 12.3. The largest absolute Gasteiger partial charge is 0.309 e. The summed E-state index contributed by atoms with van der Waals surface area (Å²) in [7, 11) is 0. The minimum absolute atomic E-state index is 0.493. The number of aromatic nitrogens is 2. The number of benzene rings is 7. The van der Waals surface area contributed by atoms with E-state index in [-0.39, 0.29) is 0 Å². The lowest BCUT2D eigenvalue weighted by Gasteiger charge is -2.19. The van der Waals surface area contributed by atoms with Crippen molar-refractivity contribution in [3.63, 3.8) is 0 Å². The Hall–Kier alpha value is -7.39. The van der Waals surface area contributed by atoms with Crippen molar-refractivity contribution in [1.29, 1.82) is 10.5 Å². The summed E-state index contributed by atoms with van der Waals surface area (Å²) in [6, 6.07) is 55.4. The van der Waals surface area contributed by atoms with Gasteiger partial charge in [-0.25, -0.2) is 4.85 Å². The summed E-state index contributed by atoms with van der Waals surface area (Å²) in [5, 5.41) is 24.1. The van der Waals surface area contributed by atoms with Crippen LogP contribution in [0.25, 0.3) is 82.1 Å². The molecule has 0 bridgehead atoms. The molecule has 230 valence electrons. The second-order valence-corrected chi connectivity index (χ2v) is 12.3. The van der Waals surface area contributed by atoms with Crippen LogP contribution in [0.2, 0.25) is 0 Å². The Morgan fingerprint density at radius 1 is 0.440 bits per heavy atom. The van der Waals surface area contributed by atoms with Gasteiger partial charge in [0.2, 0.25) is 0 Å². The van der Waals surface area contributed by atoms with E-state index in [4.69, 9.17) is 6.57 Å². The second kappa shape index (κ2) is 11.4. The Bertz CT molecular complexity index is 2920. The zero-order valence-corrected chi connectivity index (χ0v) is 26.7. The summed E-state index contributed by atoms with van der Waals surface area (Å²) in [5.41, 5.74) is 11.1. The fourth-order valence-corrected chi connectivity index (χ4v) is 7.45. The maximum absolute atomic E-state index is 10.1. The van der Waals surface area contributed by atoms with Gasteiger partial charge in [-0.3, -0.25) is 0 Å². The highest BCUT2D eigenvalue weighted by atomic mass is 15.0. The van der Waals surface area contributed by atoms with Crippen LogP contribution >= 0.6 is 0 Å². The SMILES string of the molecule is [C-]#[N+]c1ccc(-n2c3ccccc3c3cc(C#N)ccc32)cc1-c1cc(C#N)ccc1-c1ccccc1-n1c2ccccc2c2ccccc21. The van der Waals surface area contributed by atoms with Gasteiger partial charge in [0.15, 0.2) is 5.69 Å². The number of hydrogen-bond donors (Lipinski definition) is 0. The average molecular weight is 636 g/mol. The number of nitrogens with zero attached hydrogens (tertiary/aromatic N) is 5. The molecular formula is C45H25N5. The first-order valence-electron chi connectivity index (χ1n) is 16.3. The molecule has 50 heavy (non-hydrogen) atoms. The van der Waals surface area contributed by atoms with E-state index in [1.165, 1.54) is 10.8 Å². The summed E-state index contributed by atoms with van der Waals surface area (Å²) in [4.78, 5) is 3.98. The van der Waals surface area contributed by atoms with E-state index in [0.717, 1.165) is 66.5 Å². The van der Waals surface area contributed by atoms with Crippen LogP contribution in [0, 0.1) is 29.2 Å². The van der Waals surface area contributed by atoms with Crippen LogP contribution in [0.4, 0.5) is 5.69 Å². The molecule has 0 fully saturated rings. The number of nitriles is 2. The molecule has 0 atom stereocenters. The van der Waals surface area contributed by atoms with E-state index in [9.17, 15) is 10.5 Å². The quantitative estimate of drug-likeness (QED) is 0.181. The molecule has 0 spiro atoms. The fraction of sp³-hybridized carbons (Fsp3) is 0. The van der Waals surface area contributed by atoms with E-state index in [2.05, 4.69) is 111 Å². The van der Waals surface area contributed by atoms with Gasteiger partial charge in [0.1, 0.15) is 0 Å². The van der Waals surface area contributed by atoms with Crippen molar-refractivity contribution >= 4 is 49.3 Å². The Labute approximate surface area is 288 Å². The molecule has 9 aromatic rings. The molecule has 0 saturated carbocycles. The Morgan fingerprint density at radius 3 is 1.68 bits per heavy atom. The van der Waals surface area contributed by atoms with Crippen LogP contribution in [0.15, 0.2) is 152 Å². The van der Waals surface area contributed by atoms with Crippen LogP contribution < -0.4 is 0 Å². The van der Waals surface area contributed by atoms with Crippen LogP contribution in [-0.4, -0.2) is 9.13 Å². The van der Waals surface area contributed by atoms with Crippen molar-refractivity contribution in [3.8, 4) is 45.8 Å². The molecule has 0 amide bonds. The molecule has 5 heteroatoms. The number of rotatable bonds is 4. The predicted molar refractivity (Wildman–Crippen MR) is 202 cm³/mol. The van der Waals surface area contributed by atoms with Crippen molar-refractivity contribution in [2.24, 2.45) is 0 Å². The molecule has 9 rings (SSSR count). The van der Waals surface area contributed by atoms with Gasteiger partial charge in [-0.2, -0.15) is 10.5 Å². The maximum atomic E-state index is 10.1. The first-order valence-corrected chi connectivity index (χ1v) is 16.3. The number of hydrogen-bond acceptors (Lipinski definition) is 2. The third-order valence-electron chi connectivity index (χ3n) is 9.61. The fourth-order valence-electron chi connectivity index (χ4n) is 7.45. The summed E-state index contributed by atoms with van der Waals surface area (Å²) >= 11 is 0. The summed E-state index contributed by atoms with van der Waals surface area (Å²) < 4.78 is 4.49. The highest BCUT2D eigenvalue weighted by Crippen LogP contribution is 2.44. The highest BCUT2D eigenvalue weighted by Gasteiger charge is 2.20. The first kappa shape index (κ1) is 28.8. The molecule has 0 aliphatic heterocycles. The Balaban J connectivity index is 1.32. The minimum atomic E-state index is 0.493. The molecule has 2 heterocycles. The third-order valence-corrected chi connectivity index (χ3v) is 9.61. The van der Waals surface area contributed by atoms with E-state index in [1.807, 2.05) is 66.7 Å². The lowest BCUT2D eigenvalue weighted by molar-refractivity contribution is 1.18. The Morgan fingerprint density at radius 2 is 1.00 bits per heavy atom. The van der Waals surface area contributed by atoms with Crippen molar-refractivity contribution in [1.82, 2.24) is 9.13 Å². The van der Waals surface area contributed by atoms with E-state index >= 15 is 0 Å². The number of para-hydroxylation sites is 4. The van der Waals surface area contributed by atoms with Crippen molar-refractivity contribution in [2.45, 2.75) is 0 Å².